The largest absolute Gasteiger partial charge is 0.496 e. The van der Waals surface area contributed by atoms with Gasteiger partial charge in [0.05, 0.1) is 7.11 Å². The van der Waals surface area contributed by atoms with Crippen LogP contribution in [0.1, 0.15) is 11.1 Å². The van der Waals surface area contributed by atoms with Crippen molar-refractivity contribution >= 4 is 0 Å². The second kappa shape index (κ2) is 12.2. The number of nitrogens with zero attached hydrogens (tertiary/aromatic N) is 2. The van der Waals surface area contributed by atoms with Gasteiger partial charge < -0.3 is 27.7 Å². The highest BCUT2D eigenvalue weighted by Crippen LogP contribution is 2.26. The molecule has 0 fully saturated rings. The number of hydrogen-bond donors (Lipinski definition) is 4. The Balaban J connectivity index is 2.94. The predicted octanol–water partition coefficient (Wildman–Crippen LogP) is -0.866. The third-order valence-corrected chi connectivity index (χ3v) is 3.95. The van der Waals surface area contributed by atoms with Crippen LogP contribution in [0.2, 0.25) is 0 Å². The number of rotatable bonds is 13. The number of hydrogen-bond acceptors (Lipinski definition) is 7. The van der Waals surface area contributed by atoms with Crippen LogP contribution in [0.5, 0.6) is 5.75 Å². The summed E-state index contributed by atoms with van der Waals surface area (Å²) in [6.07, 6.45) is 0. The maximum atomic E-state index is 5.71. The first-order valence-corrected chi connectivity index (χ1v) is 8.59. The number of nitrogens with two attached hydrogens (primary N) is 4. The van der Waals surface area contributed by atoms with Crippen LogP contribution in [-0.2, 0) is 13.1 Å². The SMILES string of the molecule is COc1c(CN(CCN)CCN)cccc1CN(CCN)CCN. The van der Waals surface area contributed by atoms with Gasteiger partial charge in [-0.25, -0.2) is 0 Å². The Morgan fingerprint density at radius 2 is 1.12 bits per heavy atom. The maximum absolute atomic E-state index is 5.71. The lowest BCUT2D eigenvalue weighted by Gasteiger charge is -2.25. The fourth-order valence-electron chi connectivity index (χ4n) is 2.90. The van der Waals surface area contributed by atoms with Crippen molar-refractivity contribution < 1.29 is 4.74 Å². The van der Waals surface area contributed by atoms with Crippen molar-refractivity contribution in [1.82, 2.24) is 9.80 Å². The third-order valence-electron chi connectivity index (χ3n) is 3.95. The van der Waals surface area contributed by atoms with E-state index in [4.69, 9.17) is 27.7 Å². The van der Waals surface area contributed by atoms with Gasteiger partial charge in [-0.1, -0.05) is 18.2 Å². The second-order valence-electron chi connectivity index (χ2n) is 5.82. The molecule has 0 atom stereocenters. The van der Waals surface area contributed by atoms with Crippen molar-refractivity contribution in [2.24, 2.45) is 22.9 Å². The van der Waals surface area contributed by atoms with Crippen LogP contribution in [0.25, 0.3) is 0 Å². The van der Waals surface area contributed by atoms with Crippen LogP contribution < -0.4 is 27.7 Å². The fraction of sp³-hybridized carbons (Fsp3) is 0.647. The van der Waals surface area contributed by atoms with E-state index in [1.807, 2.05) is 0 Å². The van der Waals surface area contributed by atoms with E-state index in [-0.39, 0.29) is 0 Å². The van der Waals surface area contributed by atoms with Gasteiger partial charge in [-0.2, -0.15) is 0 Å². The van der Waals surface area contributed by atoms with Crippen molar-refractivity contribution in [2.75, 3.05) is 59.5 Å². The van der Waals surface area contributed by atoms with Crippen LogP contribution in [0.4, 0.5) is 0 Å². The number of para-hydroxylation sites is 1. The summed E-state index contributed by atoms with van der Waals surface area (Å²) in [5.74, 6) is 0.926. The Morgan fingerprint density at radius 3 is 1.42 bits per heavy atom. The van der Waals surface area contributed by atoms with Gasteiger partial charge in [0.15, 0.2) is 0 Å². The summed E-state index contributed by atoms with van der Waals surface area (Å²) in [7, 11) is 1.72. The minimum absolute atomic E-state index is 0.614. The molecule has 8 N–H and O–H groups in total. The molecule has 0 spiro atoms. The van der Waals surface area contributed by atoms with Crippen LogP contribution in [0.15, 0.2) is 18.2 Å². The molecule has 0 aliphatic heterocycles. The first-order chi connectivity index (χ1) is 11.7. The molecule has 1 aromatic carbocycles. The summed E-state index contributed by atoms with van der Waals surface area (Å²) in [6, 6.07) is 6.26. The topological polar surface area (TPSA) is 120 Å². The van der Waals surface area contributed by atoms with Gasteiger partial charge in [-0.3, -0.25) is 9.80 Å². The molecule has 24 heavy (non-hydrogen) atoms. The molecule has 7 nitrogen and oxygen atoms in total. The highest BCUT2D eigenvalue weighted by Gasteiger charge is 2.14. The molecule has 0 radical (unpaired) electrons. The first kappa shape index (κ1) is 20.8. The van der Waals surface area contributed by atoms with E-state index < -0.39 is 0 Å². The summed E-state index contributed by atoms with van der Waals surface area (Å²) in [5, 5.41) is 0. The van der Waals surface area contributed by atoms with Gasteiger partial charge in [0, 0.05) is 76.6 Å². The molecule has 0 aliphatic rings. The van der Waals surface area contributed by atoms with Crippen LogP contribution in [-0.4, -0.2) is 69.3 Å². The van der Waals surface area contributed by atoms with Gasteiger partial charge in [0.25, 0.3) is 0 Å². The molecule has 0 saturated carbocycles. The van der Waals surface area contributed by atoms with Gasteiger partial charge in [-0.15, -0.1) is 0 Å². The summed E-state index contributed by atoms with van der Waals surface area (Å²) in [4.78, 5) is 4.50. The van der Waals surface area contributed by atoms with Crippen LogP contribution >= 0.6 is 0 Å². The Morgan fingerprint density at radius 1 is 0.750 bits per heavy atom. The van der Waals surface area contributed by atoms with Gasteiger partial charge in [-0.05, 0) is 0 Å². The molecule has 0 heterocycles. The molecule has 7 heteroatoms. The molecule has 0 bridgehead atoms. The van der Waals surface area contributed by atoms with Gasteiger partial charge >= 0.3 is 0 Å². The average Bonchev–Trinajstić information content (AvgIpc) is 2.56. The molecule has 0 aliphatic carbocycles. The lowest BCUT2D eigenvalue weighted by molar-refractivity contribution is 0.266. The molecule has 138 valence electrons. The van der Waals surface area contributed by atoms with Crippen molar-refractivity contribution in [3.63, 3.8) is 0 Å². The number of benzene rings is 1. The molecule has 0 unspecified atom stereocenters. The molecular weight excluding hydrogens is 304 g/mol. The maximum Gasteiger partial charge on any atom is 0.127 e. The lowest BCUT2D eigenvalue weighted by atomic mass is 10.1. The van der Waals surface area contributed by atoms with E-state index in [1.54, 1.807) is 7.11 Å². The summed E-state index contributed by atoms with van der Waals surface area (Å²) < 4.78 is 5.71. The highest BCUT2D eigenvalue weighted by molar-refractivity contribution is 5.41. The van der Waals surface area contributed by atoms with Gasteiger partial charge in [0.2, 0.25) is 0 Å². The molecule has 0 aromatic heterocycles. The zero-order valence-electron chi connectivity index (χ0n) is 14.9. The van der Waals surface area contributed by atoms with Crippen LogP contribution in [0.3, 0.4) is 0 Å². The Hall–Kier alpha value is -1.22. The smallest absolute Gasteiger partial charge is 0.127 e. The first-order valence-electron chi connectivity index (χ1n) is 8.59. The Bertz CT molecular complexity index is 408. The normalized spacial score (nSPS) is 11.5. The summed E-state index contributed by atoms with van der Waals surface area (Å²) in [5.41, 5.74) is 25.1. The molecule has 0 amide bonds. The second-order valence-corrected chi connectivity index (χ2v) is 5.82. The molecule has 1 aromatic rings. The van der Waals surface area contributed by atoms with E-state index in [2.05, 4.69) is 28.0 Å². The average molecular weight is 339 g/mol. The van der Waals surface area contributed by atoms with E-state index in [1.165, 1.54) is 0 Å². The summed E-state index contributed by atoms with van der Waals surface area (Å²) in [6.45, 7) is 7.28. The number of ether oxygens (including phenoxy) is 1. The fourth-order valence-corrected chi connectivity index (χ4v) is 2.90. The molecule has 1 rings (SSSR count). The van der Waals surface area contributed by atoms with Gasteiger partial charge in [0.1, 0.15) is 5.75 Å². The standard InChI is InChI=1S/C17H34N6O/c1-24-17-15(13-22(9-5-18)10-6-19)3-2-4-16(17)14-23(11-7-20)12-8-21/h2-4H,5-14,18-21H2,1H3. The third kappa shape index (κ3) is 6.72. The zero-order valence-corrected chi connectivity index (χ0v) is 14.9. The lowest BCUT2D eigenvalue weighted by Crippen LogP contribution is -2.34. The summed E-state index contributed by atoms with van der Waals surface area (Å²) >= 11 is 0. The van der Waals surface area contributed by atoms with E-state index in [0.717, 1.165) is 56.1 Å². The minimum atomic E-state index is 0.614. The Labute approximate surface area is 145 Å². The minimum Gasteiger partial charge on any atom is -0.496 e. The van der Waals surface area contributed by atoms with E-state index in [9.17, 15) is 0 Å². The molecular formula is C17H34N6O. The van der Waals surface area contributed by atoms with Crippen molar-refractivity contribution in [1.29, 1.82) is 0 Å². The van der Waals surface area contributed by atoms with Crippen molar-refractivity contribution in [3.05, 3.63) is 29.3 Å². The zero-order chi connectivity index (χ0) is 17.8. The van der Waals surface area contributed by atoms with Crippen LogP contribution in [0, 0.1) is 0 Å². The van der Waals surface area contributed by atoms with Crippen molar-refractivity contribution in [3.8, 4) is 5.75 Å². The monoisotopic (exact) mass is 338 g/mol. The predicted molar refractivity (Wildman–Crippen MR) is 99.8 cm³/mol. The van der Waals surface area contributed by atoms with E-state index in [0.29, 0.717) is 26.2 Å². The quantitative estimate of drug-likeness (QED) is 0.369. The highest BCUT2D eigenvalue weighted by atomic mass is 16.5. The van der Waals surface area contributed by atoms with E-state index >= 15 is 0 Å². The molecule has 0 saturated heterocycles. The number of methoxy groups -OCH3 is 1. The van der Waals surface area contributed by atoms with Crippen molar-refractivity contribution in [2.45, 2.75) is 13.1 Å². The Kier molecular flexibility index (Phi) is 10.6.